The first kappa shape index (κ1) is 18.8. The number of hydrogen-bond donors (Lipinski definition) is 1. The van der Waals surface area contributed by atoms with Crippen LogP contribution in [0.4, 0.5) is 35.1 Å². The first-order valence-corrected chi connectivity index (χ1v) is 5.57. The van der Waals surface area contributed by atoms with Crippen LogP contribution >= 0.6 is 12.4 Å². The minimum Gasteiger partial charge on any atom is -0.311 e. The van der Waals surface area contributed by atoms with E-state index in [1.165, 1.54) is 0 Å². The molecule has 0 atom stereocenters. The van der Waals surface area contributed by atoms with Gasteiger partial charge in [-0.25, -0.2) is 9.97 Å². The summed E-state index contributed by atoms with van der Waals surface area (Å²) in [7, 11) is 0. The van der Waals surface area contributed by atoms with Crippen LogP contribution in [0.15, 0.2) is 0 Å². The summed E-state index contributed by atoms with van der Waals surface area (Å²) in [6, 6.07) is 0. The van der Waals surface area contributed by atoms with Crippen molar-refractivity contribution in [3.63, 3.8) is 0 Å². The van der Waals surface area contributed by atoms with Crippen LogP contribution in [0.5, 0.6) is 0 Å². The third-order valence-corrected chi connectivity index (χ3v) is 2.84. The minimum absolute atomic E-state index is 0. The highest BCUT2D eigenvalue weighted by atomic mass is 35.5. The molecule has 0 fully saturated rings. The van der Waals surface area contributed by atoms with Gasteiger partial charge in [-0.1, -0.05) is 0 Å². The molecule has 2 heterocycles. The molecule has 0 aliphatic carbocycles. The van der Waals surface area contributed by atoms with Crippen LogP contribution < -0.4 is 5.32 Å². The summed E-state index contributed by atoms with van der Waals surface area (Å²) in [5.41, 5.74) is -2.70. The van der Waals surface area contributed by atoms with E-state index < -0.39 is 41.1 Å². The zero-order valence-corrected chi connectivity index (χ0v) is 11.3. The lowest BCUT2D eigenvalue weighted by Crippen LogP contribution is -2.38. The fourth-order valence-electron chi connectivity index (χ4n) is 1.86. The van der Waals surface area contributed by atoms with E-state index in [0.29, 0.717) is 0 Å². The number of alkyl halides is 8. The van der Waals surface area contributed by atoms with E-state index in [0.717, 1.165) is 0 Å². The van der Waals surface area contributed by atoms with Crippen molar-refractivity contribution in [2.24, 2.45) is 0 Å². The zero-order chi connectivity index (χ0) is 16.1. The number of halogens is 9. The highest BCUT2D eigenvalue weighted by Gasteiger charge is 2.62. The molecule has 0 bridgehead atoms. The van der Waals surface area contributed by atoms with Crippen molar-refractivity contribution < 1.29 is 35.1 Å². The van der Waals surface area contributed by atoms with E-state index in [4.69, 9.17) is 0 Å². The lowest BCUT2D eigenvalue weighted by molar-refractivity contribution is -0.293. The summed E-state index contributed by atoms with van der Waals surface area (Å²) in [6.45, 7) is -0.212. The van der Waals surface area contributed by atoms with Gasteiger partial charge in [0, 0.05) is 12.1 Å². The van der Waals surface area contributed by atoms with E-state index in [1.54, 1.807) is 0 Å². The van der Waals surface area contributed by atoms with E-state index in [2.05, 4.69) is 15.3 Å². The van der Waals surface area contributed by atoms with E-state index in [1.807, 2.05) is 0 Å². The van der Waals surface area contributed by atoms with Gasteiger partial charge < -0.3 is 5.32 Å². The Morgan fingerprint density at radius 1 is 0.909 bits per heavy atom. The number of hydrogen-bond acceptors (Lipinski definition) is 3. The van der Waals surface area contributed by atoms with Crippen LogP contribution in [-0.2, 0) is 25.1 Å². The molecule has 1 aliphatic heterocycles. The largest absolute Gasteiger partial charge is 0.461 e. The average molecular weight is 358 g/mol. The van der Waals surface area contributed by atoms with Crippen LogP contribution in [0.1, 0.15) is 22.8 Å². The van der Waals surface area contributed by atoms with Crippen LogP contribution in [0.2, 0.25) is 0 Å². The Morgan fingerprint density at radius 3 is 2.00 bits per heavy atom. The molecule has 0 amide bonds. The van der Waals surface area contributed by atoms with Crippen LogP contribution in [0.25, 0.3) is 0 Å². The Bertz CT molecular complexity index is 554. The normalized spacial score (nSPS) is 16.0. The van der Waals surface area contributed by atoms with Gasteiger partial charge in [-0.2, -0.15) is 35.1 Å². The predicted octanol–water partition coefficient (Wildman–Crippen LogP) is 3.22. The lowest BCUT2D eigenvalue weighted by Gasteiger charge is -2.24. The van der Waals surface area contributed by atoms with Crippen molar-refractivity contribution in [3.8, 4) is 0 Å². The molecule has 0 aromatic carbocycles. The van der Waals surface area contributed by atoms with Crippen molar-refractivity contribution >= 4 is 12.4 Å². The van der Waals surface area contributed by atoms with Crippen molar-refractivity contribution in [1.29, 1.82) is 0 Å². The molecular weight excluding hydrogens is 350 g/mol. The number of nitrogens with one attached hydrogen (secondary N) is 1. The molecule has 0 saturated carbocycles. The number of nitrogens with zero attached hydrogens (tertiary/aromatic N) is 2. The molecule has 0 unspecified atom stereocenters. The van der Waals surface area contributed by atoms with Crippen LogP contribution in [0, 0.1) is 0 Å². The monoisotopic (exact) mass is 357 g/mol. The van der Waals surface area contributed by atoms with E-state index in [-0.39, 0.29) is 31.9 Å². The molecule has 3 nitrogen and oxygen atoms in total. The molecule has 1 aromatic rings. The highest BCUT2D eigenvalue weighted by Crippen LogP contribution is 2.43. The molecule has 0 radical (unpaired) electrons. The summed E-state index contributed by atoms with van der Waals surface area (Å²) in [5.74, 6) is -7.75. The summed E-state index contributed by atoms with van der Waals surface area (Å²) in [6.07, 6.45) is -11.4. The summed E-state index contributed by atoms with van der Waals surface area (Å²) >= 11 is 0. The standard InChI is InChI=1S/C10H7F8N3.ClH/c11-8(12,10(16,17)18)7-20-5-3-19-2-1-4(5)6(21-7)9(13,14)15;/h19H,1-3H2;1H. The Balaban J connectivity index is 0.00000242. The van der Waals surface area contributed by atoms with Gasteiger partial charge in [-0.05, 0) is 13.0 Å². The van der Waals surface area contributed by atoms with Gasteiger partial charge >= 0.3 is 18.3 Å². The second-order valence-electron chi connectivity index (χ2n) is 4.32. The fraction of sp³-hybridized carbons (Fsp3) is 0.600. The molecule has 126 valence electrons. The molecule has 1 N–H and O–H groups in total. The van der Waals surface area contributed by atoms with Gasteiger partial charge in [0.05, 0.1) is 5.69 Å². The van der Waals surface area contributed by atoms with Gasteiger partial charge in [0.1, 0.15) is 0 Å². The van der Waals surface area contributed by atoms with Crippen molar-refractivity contribution in [2.45, 2.75) is 31.2 Å². The quantitative estimate of drug-likeness (QED) is 0.784. The smallest absolute Gasteiger partial charge is 0.311 e. The Labute approximate surface area is 124 Å². The lowest BCUT2D eigenvalue weighted by atomic mass is 10.0. The first-order chi connectivity index (χ1) is 9.44. The first-order valence-electron chi connectivity index (χ1n) is 5.57. The van der Waals surface area contributed by atoms with Crippen LogP contribution in [-0.4, -0.2) is 22.7 Å². The average Bonchev–Trinajstić information content (AvgIpc) is 2.34. The van der Waals surface area contributed by atoms with E-state index in [9.17, 15) is 35.1 Å². The number of fused-ring (bicyclic) bond motifs is 1. The summed E-state index contributed by atoms with van der Waals surface area (Å²) in [5, 5.41) is 2.55. The Kier molecular flexibility index (Phi) is 4.93. The molecule has 0 saturated heterocycles. The van der Waals surface area contributed by atoms with Gasteiger partial charge in [-0.3, -0.25) is 0 Å². The van der Waals surface area contributed by atoms with Crippen LogP contribution in [0.3, 0.4) is 0 Å². The molecular formula is C10H8ClF8N3. The van der Waals surface area contributed by atoms with Gasteiger partial charge in [0.15, 0.2) is 5.69 Å². The maximum atomic E-state index is 13.2. The third kappa shape index (κ3) is 3.24. The molecule has 22 heavy (non-hydrogen) atoms. The Hall–Kier alpha value is -1.23. The molecule has 2 rings (SSSR count). The van der Waals surface area contributed by atoms with Gasteiger partial charge in [0.25, 0.3) is 0 Å². The molecule has 0 spiro atoms. The third-order valence-electron chi connectivity index (χ3n) is 2.84. The van der Waals surface area contributed by atoms with Crippen molar-refractivity contribution in [1.82, 2.24) is 15.3 Å². The molecule has 12 heteroatoms. The Morgan fingerprint density at radius 2 is 1.50 bits per heavy atom. The maximum Gasteiger partial charge on any atom is 0.461 e. The number of rotatable bonds is 1. The predicted molar refractivity (Wildman–Crippen MR) is 59.6 cm³/mol. The zero-order valence-electron chi connectivity index (χ0n) is 10.4. The highest BCUT2D eigenvalue weighted by molar-refractivity contribution is 5.85. The number of aromatic nitrogens is 2. The fourth-order valence-corrected chi connectivity index (χ4v) is 1.86. The van der Waals surface area contributed by atoms with Crippen molar-refractivity contribution in [3.05, 3.63) is 22.8 Å². The minimum atomic E-state index is -6.08. The van der Waals surface area contributed by atoms with Gasteiger partial charge in [0.2, 0.25) is 5.82 Å². The second kappa shape index (κ2) is 5.76. The maximum absolute atomic E-state index is 13.2. The summed E-state index contributed by atoms with van der Waals surface area (Å²) < 4.78 is 101. The van der Waals surface area contributed by atoms with Crippen molar-refractivity contribution in [2.75, 3.05) is 6.54 Å². The SMILES string of the molecule is Cl.FC(F)(F)c1nc(C(F)(F)C(F)(F)F)nc2c1CCNC2. The molecule has 1 aromatic heterocycles. The van der Waals surface area contributed by atoms with E-state index >= 15 is 0 Å². The second-order valence-corrected chi connectivity index (χ2v) is 4.32. The van der Waals surface area contributed by atoms with Gasteiger partial charge in [-0.15, -0.1) is 12.4 Å². The molecule has 1 aliphatic rings. The topological polar surface area (TPSA) is 37.8 Å². The summed E-state index contributed by atoms with van der Waals surface area (Å²) in [4.78, 5) is 5.44.